The Balaban J connectivity index is 1.63. The van der Waals surface area contributed by atoms with Gasteiger partial charge in [0.05, 0.1) is 12.7 Å². The van der Waals surface area contributed by atoms with Crippen molar-refractivity contribution in [2.75, 3.05) is 13.7 Å². The number of imide groups is 1. The van der Waals surface area contributed by atoms with Gasteiger partial charge < -0.3 is 15.4 Å². The summed E-state index contributed by atoms with van der Waals surface area (Å²) in [5.41, 5.74) is -0.535. The normalized spacial score (nSPS) is 18.0. The lowest BCUT2D eigenvalue weighted by Crippen LogP contribution is -2.43. The van der Waals surface area contributed by atoms with Crippen LogP contribution in [0.3, 0.4) is 0 Å². The van der Waals surface area contributed by atoms with Gasteiger partial charge in [-0.15, -0.1) is 0 Å². The molecule has 2 N–H and O–H groups in total. The minimum Gasteiger partial charge on any atom is -0.465 e. The van der Waals surface area contributed by atoms with Crippen molar-refractivity contribution in [3.63, 3.8) is 0 Å². The summed E-state index contributed by atoms with van der Waals surface area (Å²) < 4.78 is 31.4. The molecule has 4 amide bonds. The van der Waals surface area contributed by atoms with E-state index < -0.39 is 47.5 Å². The molecule has 1 aliphatic rings. The number of nitrogens with zero attached hydrogens (tertiary/aromatic N) is 1. The molecular formula is C21H19F2N3O5. The van der Waals surface area contributed by atoms with Gasteiger partial charge >= 0.3 is 12.0 Å². The van der Waals surface area contributed by atoms with E-state index in [0.717, 1.165) is 12.1 Å². The highest BCUT2D eigenvalue weighted by atomic mass is 19.2. The highest BCUT2D eigenvalue weighted by molar-refractivity contribution is 6.09. The number of benzene rings is 2. The summed E-state index contributed by atoms with van der Waals surface area (Å²) in [6, 6.07) is 8.38. The zero-order chi connectivity index (χ0) is 22.8. The van der Waals surface area contributed by atoms with Crippen LogP contribution in [0.5, 0.6) is 0 Å². The Morgan fingerprint density at radius 3 is 2.39 bits per heavy atom. The van der Waals surface area contributed by atoms with Crippen molar-refractivity contribution in [3.8, 4) is 0 Å². The number of carbonyl (C=O) groups is 4. The summed E-state index contributed by atoms with van der Waals surface area (Å²) in [4.78, 5) is 49.4. The van der Waals surface area contributed by atoms with Crippen molar-refractivity contribution < 1.29 is 32.7 Å². The number of nitrogens with one attached hydrogen (secondary N) is 2. The molecule has 10 heteroatoms. The maximum atomic E-state index is 13.6. The summed E-state index contributed by atoms with van der Waals surface area (Å²) in [6.07, 6.45) is 0. The van der Waals surface area contributed by atoms with E-state index in [1.807, 2.05) is 0 Å². The van der Waals surface area contributed by atoms with E-state index in [1.165, 1.54) is 32.2 Å². The summed E-state index contributed by atoms with van der Waals surface area (Å²) in [7, 11) is 1.27. The lowest BCUT2D eigenvalue weighted by molar-refractivity contribution is -0.134. The second kappa shape index (κ2) is 8.50. The third kappa shape index (κ3) is 4.37. The SMILES string of the molecule is COC(=O)c1ccc(CNC(=O)CN2C(=O)N[C@](C)(c3ccc(F)c(F)c3)C2=O)cc1. The van der Waals surface area contributed by atoms with Crippen LogP contribution in [0, 0.1) is 11.6 Å². The summed E-state index contributed by atoms with van der Waals surface area (Å²) >= 11 is 0. The minimum absolute atomic E-state index is 0.0540. The summed E-state index contributed by atoms with van der Waals surface area (Å²) in [6.45, 7) is 0.898. The molecule has 162 valence electrons. The number of amides is 4. The Hall–Kier alpha value is -3.82. The Bertz CT molecular complexity index is 1060. The second-order valence-corrected chi connectivity index (χ2v) is 7.04. The molecule has 2 aromatic rings. The third-order valence-corrected chi connectivity index (χ3v) is 4.94. The van der Waals surface area contributed by atoms with Gasteiger partial charge in [-0.2, -0.15) is 0 Å². The number of ether oxygens (including phenoxy) is 1. The molecule has 0 saturated carbocycles. The van der Waals surface area contributed by atoms with Gasteiger partial charge in [-0.25, -0.2) is 18.4 Å². The molecule has 0 aliphatic carbocycles. The number of methoxy groups -OCH3 is 1. The molecule has 1 heterocycles. The average molecular weight is 431 g/mol. The van der Waals surface area contributed by atoms with E-state index in [9.17, 15) is 28.0 Å². The Kier molecular flexibility index (Phi) is 6.00. The molecule has 0 aromatic heterocycles. The van der Waals surface area contributed by atoms with Crippen molar-refractivity contribution in [2.45, 2.75) is 19.0 Å². The van der Waals surface area contributed by atoms with E-state index in [1.54, 1.807) is 12.1 Å². The van der Waals surface area contributed by atoms with Crippen LogP contribution in [-0.2, 0) is 26.4 Å². The van der Waals surface area contributed by atoms with Crippen molar-refractivity contribution >= 4 is 23.8 Å². The number of rotatable bonds is 6. The first-order valence-electron chi connectivity index (χ1n) is 9.19. The number of halogens is 2. The molecule has 8 nitrogen and oxygen atoms in total. The van der Waals surface area contributed by atoms with E-state index in [2.05, 4.69) is 15.4 Å². The minimum atomic E-state index is -1.63. The van der Waals surface area contributed by atoms with Crippen LogP contribution in [-0.4, -0.2) is 42.4 Å². The average Bonchev–Trinajstić information content (AvgIpc) is 2.97. The Morgan fingerprint density at radius 2 is 1.77 bits per heavy atom. The molecular weight excluding hydrogens is 412 g/mol. The highest BCUT2D eigenvalue weighted by Gasteiger charge is 2.49. The van der Waals surface area contributed by atoms with Crippen LogP contribution in [0.1, 0.15) is 28.4 Å². The number of urea groups is 1. The Labute approximate surface area is 176 Å². The molecule has 1 saturated heterocycles. The van der Waals surface area contributed by atoms with E-state index in [-0.39, 0.29) is 12.1 Å². The second-order valence-electron chi connectivity index (χ2n) is 7.04. The van der Waals surface area contributed by atoms with Gasteiger partial charge in [0.1, 0.15) is 12.1 Å². The van der Waals surface area contributed by atoms with Crippen molar-refractivity contribution in [3.05, 3.63) is 70.8 Å². The fourth-order valence-corrected chi connectivity index (χ4v) is 3.12. The first-order chi connectivity index (χ1) is 14.7. The molecule has 0 spiro atoms. The van der Waals surface area contributed by atoms with Gasteiger partial charge in [-0.1, -0.05) is 18.2 Å². The number of carbonyl (C=O) groups excluding carboxylic acids is 4. The first kappa shape index (κ1) is 21.9. The fourth-order valence-electron chi connectivity index (χ4n) is 3.12. The topological polar surface area (TPSA) is 105 Å². The quantitative estimate of drug-likeness (QED) is 0.537. The zero-order valence-electron chi connectivity index (χ0n) is 16.7. The van der Waals surface area contributed by atoms with Gasteiger partial charge in [0.25, 0.3) is 5.91 Å². The zero-order valence-corrected chi connectivity index (χ0v) is 16.7. The summed E-state index contributed by atoms with van der Waals surface area (Å²) in [5, 5.41) is 4.99. The molecule has 1 atom stereocenters. The van der Waals surface area contributed by atoms with Gasteiger partial charge in [-0.05, 0) is 42.3 Å². The van der Waals surface area contributed by atoms with Crippen LogP contribution < -0.4 is 10.6 Å². The standard InChI is InChI=1S/C21H19F2N3O5/c1-21(14-7-8-15(22)16(23)9-14)19(29)26(20(30)25-21)11-17(27)24-10-12-3-5-13(6-4-12)18(28)31-2/h3-9H,10-11H2,1-2H3,(H,24,27)(H,25,30)/t21-/m1/s1. The number of esters is 1. The van der Waals surface area contributed by atoms with Crippen LogP contribution >= 0.6 is 0 Å². The molecule has 1 aliphatic heterocycles. The largest absolute Gasteiger partial charge is 0.465 e. The number of hydrogen-bond donors (Lipinski definition) is 2. The predicted octanol–water partition coefficient (Wildman–Crippen LogP) is 1.83. The van der Waals surface area contributed by atoms with Crippen LogP contribution in [0.15, 0.2) is 42.5 Å². The maximum absolute atomic E-state index is 13.6. The van der Waals surface area contributed by atoms with Crippen molar-refractivity contribution in [1.82, 2.24) is 15.5 Å². The van der Waals surface area contributed by atoms with Gasteiger partial charge in [0, 0.05) is 6.54 Å². The van der Waals surface area contributed by atoms with Gasteiger partial charge in [0.15, 0.2) is 11.6 Å². The summed E-state index contributed by atoms with van der Waals surface area (Å²) in [5.74, 6) is -4.09. The molecule has 1 fully saturated rings. The fraction of sp³-hybridized carbons (Fsp3) is 0.238. The van der Waals surface area contributed by atoms with Crippen molar-refractivity contribution in [2.24, 2.45) is 0 Å². The number of hydrogen-bond acceptors (Lipinski definition) is 5. The molecule has 3 rings (SSSR count). The van der Waals surface area contributed by atoms with E-state index >= 15 is 0 Å². The smallest absolute Gasteiger partial charge is 0.337 e. The van der Waals surface area contributed by atoms with Crippen LogP contribution in [0.4, 0.5) is 13.6 Å². The molecule has 2 aromatic carbocycles. The van der Waals surface area contributed by atoms with Crippen LogP contribution in [0.25, 0.3) is 0 Å². The Morgan fingerprint density at radius 1 is 1.10 bits per heavy atom. The van der Waals surface area contributed by atoms with Crippen molar-refractivity contribution in [1.29, 1.82) is 0 Å². The highest BCUT2D eigenvalue weighted by Crippen LogP contribution is 2.29. The van der Waals surface area contributed by atoms with Gasteiger partial charge in [-0.3, -0.25) is 14.5 Å². The molecule has 31 heavy (non-hydrogen) atoms. The lowest BCUT2D eigenvalue weighted by Gasteiger charge is -2.22. The third-order valence-electron chi connectivity index (χ3n) is 4.94. The molecule has 0 radical (unpaired) electrons. The lowest BCUT2D eigenvalue weighted by atomic mass is 9.92. The van der Waals surface area contributed by atoms with Crippen LogP contribution in [0.2, 0.25) is 0 Å². The van der Waals surface area contributed by atoms with E-state index in [0.29, 0.717) is 16.0 Å². The first-order valence-corrected chi connectivity index (χ1v) is 9.19. The molecule has 0 bridgehead atoms. The monoisotopic (exact) mass is 431 g/mol. The van der Waals surface area contributed by atoms with E-state index in [4.69, 9.17) is 0 Å². The predicted molar refractivity (Wildman–Crippen MR) is 104 cm³/mol. The maximum Gasteiger partial charge on any atom is 0.337 e. The van der Waals surface area contributed by atoms with Gasteiger partial charge in [0.2, 0.25) is 5.91 Å². The molecule has 0 unspecified atom stereocenters.